The molecular formula is C25H25N3O. The van der Waals surface area contributed by atoms with E-state index in [9.17, 15) is 0 Å². The predicted molar refractivity (Wildman–Crippen MR) is 117 cm³/mol. The highest BCUT2D eigenvalue weighted by molar-refractivity contribution is 5.80. The van der Waals surface area contributed by atoms with Gasteiger partial charge in [0.2, 0.25) is 5.88 Å². The Morgan fingerprint density at radius 2 is 1.79 bits per heavy atom. The van der Waals surface area contributed by atoms with Crippen LogP contribution in [0.5, 0.6) is 5.88 Å². The van der Waals surface area contributed by atoms with E-state index in [-0.39, 0.29) is 0 Å². The summed E-state index contributed by atoms with van der Waals surface area (Å²) in [7, 11) is 0. The summed E-state index contributed by atoms with van der Waals surface area (Å²) in [6.07, 6.45) is 3.67. The fourth-order valence-corrected chi connectivity index (χ4v) is 3.34. The summed E-state index contributed by atoms with van der Waals surface area (Å²) < 4.78 is 6.18. The molecule has 146 valence electrons. The van der Waals surface area contributed by atoms with E-state index in [2.05, 4.69) is 66.6 Å². The van der Waals surface area contributed by atoms with Gasteiger partial charge >= 0.3 is 0 Å². The van der Waals surface area contributed by atoms with Gasteiger partial charge in [0.05, 0.1) is 5.52 Å². The van der Waals surface area contributed by atoms with Crippen LogP contribution in [0, 0.1) is 13.8 Å². The summed E-state index contributed by atoms with van der Waals surface area (Å²) in [5, 5.41) is 4.62. The maximum Gasteiger partial charge on any atom is 0.218 e. The van der Waals surface area contributed by atoms with Gasteiger partial charge in [-0.3, -0.25) is 4.98 Å². The number of hydrogen-bond acceptors (Lipinski definition) is 4. The van der Waals surface area contributed by atoms with E-state index in [1.54, 1.807) is 6.20 Å². The second-order valence-corrected chi connectivity index (χ2v) is 7.33. The van der Waals surface area contributed by atoms with Gasteiger partial charge in [0.15, 0.2) is 0 Å². The molecule has 0 spiro atoms. The van der Waals surface area contributed by atoms with Gasteiger partial charge in [0.1, 0.15) is 6.61 Å². The minimum atomic E-state index is 0.507. The molecule has 4 heteroatoms. The predicted octanol–water partition coefficient (Wildman–Crippen LogP) is 5.12. The van der Waals surface area contributed by atoms with E-state index < -0.39 is 0 Å². The highest BCUT2D eigenvalue weighted by atomic mass is 16.5. The van der Waals surface area contributed by atoms with E-state index in [1.807, 2.05) is 24.4 Å². The number of rotatable bonds is 7. The van der Waals surface area contributed by atoms with Gasteiger partial charge < -0.3 is 10.1 Å². The summed E-state index contributed by atoms with van der Waals surface area (Å²) in [6, 6.07) is 20.8. The van der Waals surface area contributed by atoms with Gasteiger partial charge in [0.25, 0.3) is 0 Å². The molecule has 2 heterocycles. The third-order valence-corrected chi connectivity index (χ3v) is 5.00. The number of nitrogens with zero attached hydrogens (tertiary/aromatic N) is 2. The van der Waals surface area contributed by atoms with Crippen LogP contribution in [0.1, 0.15) is 27.8 Å². The quantitative estimate of drug-likeness (QED) is 0.481. The lowest BCUT2D eigenvalue weighted by Crippen LogP contribution is -2.14. The maximum absolute atomic E-state index is 6.18. The SMILES string of the molecule is Cc1ccc2nc(OCc3ccccc3C)c(CNCc3cccnc3)cc2c1. The molecule has 4 aromatic rings. The van der Waals surface area contributed by atoms with Gasteiger partial charge in [-0.2, -0.15) is 0 Å². The zero-order valence-corrected chi connectivity index (χ0v) is 16.9. The van der Waals surface area contributed by atoms with Crippen LogP contribution >= 0.6 is 0 Å². The highest BCUT2D eigenvalue weighted by Crippen LogP contribution is 2.24. The second kappa shape index (κ2) is 8.84. The Morgan fingerprint density at radius 1 is 0.897 bits per heavy atom. The van der Waals surface area contributed by atoms with Gasteiger partial charge in [-0.25, -0.2) is 4.98 Å². The van der Waals surface area contributed by atoms with Gasteiger partial charge in [0, 0.05) is 36.4 Å². The number of fused-ring (bicyclic) bond motifs is 1. The minimum Gasteiger partial charge on any atom is -0.473 e. The number of benzene rings is 2. The summed E-state index contributed by atoms with van der Waals surface area (Å²) in [6.45, 7) is 6.13. The van der Waals surface area contributed by atoms with Crippen LogP contribution in [0.3, 0.4) is 0 Å². The van der Waals surface area contributed by atoms with Crippen LogP contribution in [0.4, 0.5) is 0 Å². The van der Waals surface area contributed by atoms with Crippen molar-refractivity contribution in [3.05, 3.63) is 101 Å². The van der Waals surface area contributed by atoms with Crippen LogP contribution in [0.15, 0.2) is 73.1 Å². The summed E-state index contributed by atoms with van der Waals surface area (Å²) in [5.74, 6) is 0.684. The number of pyridine rings is 2. The first kappa shape index (κ1) is 19.1. The van der Waals surface area contributed by atoms with Crippen LogP contribution < -0.4 is 10.1 Å². The molecule has 0 atom stereocenters. The maximum atomic E-state index is 6.18. The number of aryl methyl sites for hydroxylation is 2. The molecule has 0 bridgehead atoms. The van der Waals surface area contributed by atoms with Crippen molar-refractivity contribution < 1.29 is 4.74 Å². The number of hydrogen-bond donors (Lipinski definition) is 1. The molecule has 0 radical (unpaired) electrons. The zero-order valence-electron chi connectivity index (χ0n) is 16.9. The molecule has 0 aliphatic heterocycles. The Kier molecular flexibility index (Phi) is 5.82. The monoisotopic (exact) mass is 383 g/mol. The van der Waals surface area contributed by atoms with E-state index in [0.717, 1.165) is 28.6 Å². The third kappa shape index (κ3) is 4.79. The molecule has 0 amide bonds. The fraction of sp³-hybridized carbons (Fsp3) is 0.200. The van der Waals surface area contributed by atoms with E-state index in [0.29, 0.717) is 19.0 Å². The Balaban J connectivity index is 1.57. The zero-order chi connectivity index (χ0) is 20.1. The average molecular weight is 383 g/mol. The summed E-state index contributed by atoms with van der Waals surface area (Å²) >= 11 is 0. The topological polar surface area (TPSA) is 47.0 Å². The molecule has 1 N–H and O–H groups in total. The standard InChI is InChI=1S/C25H25N3O/c1-18-9-10-24-22(12-18)13-23(16-27-15-20-7-5-11-26-14-20)25(28-24)29-17-21-8-4-3-6-19(21)2/h3-14,27H,15-17H2,1-2H3. The molecule has 0 unspecified atom stereocenters. The smallest absolute Gasteiger partial charge is 0.218 e. The second-order valence-electron chi connectivity index (χ2n) is 7.33. The van der Waals surface area contributed by atoms with Crippen molar-refractivity contribution in [2.45, 2.75) is 33.5 Å². The van der Waals surface area contributed by atoms with E-state index in [4.69, 9.17) is 9.72 Å². The molecular weight excluding hydrogens is 358 g/mol. The summed E-state index contributed by atoms with van der Waals surface area (Å²) in [4.78, 5) is 8.98. The van der Waals surface area contributed by atoms with Gasteiger partial charge in [-0.05, 0) is 54.8 Å². The van der Waals surface area contributed by atoms with Crippen molar-refractivity contribution in [3.8, 4) is 5.88 Å². The molecule has 0 saturated heterocycles. The molecule has 0 aliphatic rings. The number of nitrogens with one attached hydrogen (secondary N) is 1. The Labute approximate surface area is 171 Å². The number of aromatic nitrogens is 2. The third-order valence-electron chi connectivity index (χ3n) is 5.00. The molecule has 4 nitrogen and oxygen atoms in total. The number of ether oxygens (including phenoxy) is 1. The Hall–Kier alpha value is -3.24. The fourth-order valence-electron chi connectivity index (χ4n) is 3.34. The largest absolute Gasteiger partial charge is 0.473 e. The lowest BCUT2D eigenvalue weighted by molar-refractivity contribution is 0.290. The first-order valence-corrected chi connectivity index (χ1v) is 9.86. The normalized spacial score (nSPS) is 11.0. The van der Waals surface area contributed by atoms with Crippen molar-refractivity contribution in [1.82, 2.24) is 15.3 Å². The van der Waals surface area contributed by atoms with Crippen molar-refractivity contribution >= 4 is 10.9 Å². The Bertz CT molecular complexity index is 1110. The highest BCUT2D eigenvalue weighted by Gasteiger charge is 2.10. The van der Waals surface area contributed by atoms with Crippen molar-refractivity contribution in [2.24, 2.45) is 0 Å². The van der Waals surface area contributed by atoms with Crippen molar-refractivity contribution in [2.75, 3.05) is 0 Å². The van der Waals surface area contributed by atoms with Gasteiger partial charge in [-0.1, -0.05) is 42.0 Å². The lowest BCUT2D eigenvalue weighted by Gasteiger charge is -2.14. The molecule has 4 rings (SSSR count). The lowest BCUT2D eigenvalue weighted by atomic mass is 10.1. The first-order chi connectivity index (χ1) is 14.2. The van der Waals surface area contributed by atoms with Crippen molar-refractivity contribution in [3.63, 3.8) is 0 Å². The Morgan fingerprint density at radius 3 is 2.62 bits per heavy atom. The van der Waals surface area contributed by atoms with Crippen LogP contribution in [0.2, 0.25) is 0 Å². The minimum absolute atomic E-state index is 0.507. The van der Waals surface area contributed by atoms with Crippen LogP contribution in [-0.2, 0) is 19.7 Å². The molecule has 0 saturated carbocycles. The van der Waals surface area contributed by atoms with Gasteiger partial charge in [-0.15, -0.1) is 0 Å². The molecule has 2 aromatic carbocycles. The first-order valence-electron chi connectivity index (χ1n) is 9.86. The average Bonchev–Trinajstić information content (AvgIpc) is 2.74. The molecule has 0 aliphatic carbocycles. The molecule has 0 fully saturated rings. The summed E-state index contributed by atoms with van der Waals surface area (Å²) in [5.41, 5.74) is 6.78. The van der Waals surface area contributed by atoms with Crippen LogP contribution in [-0.4, -0.2) is 9.97 Å². The van der Waals surface area contributed by atoms with E-state index >= 15 is 0 Å². The van der Waals surface area contributed by atoms with Crippen molar-refractivity contribution in [1.29, 1.82) is 0 Å². The van der Waals surface area contributed by atoms with E-state index in [1.165, 1.54) is 16.7 Å². The molecule has 29 heavy (non-hydrogen) atoms. The molecule has 2 aromatic heterocycles. The van der Waals surface area contributed by atoms with Crippen LogP contribution in [0.25, 0.3) is 10.9 Å².